The number of aliphatic hydroxyl groups is 2. The molecule has 1 heterocycles. The van der Waals surface area contributed by atoms with Crippen molar-refractivity contribution >= 4 is 0 Å². The molecule has 1 unspecified atom stereocenters. The maximum absolute atomic E-state index is 9.34. The van der Waals surface area contributed by atoms with Crippen molar-refractivity contribution in [3.8, 4) is 0 Å². The molecule has 1 aromatic heterocycles. The van der Waals surface area contributed by atoms with Gasteiger partial charge in [0.1, 0.15) is 0 Å². The Hall–Kier alpha value is -0.910. The van der Waals surface area contributed by atoms with E-state index in [1.807, 2.05) is 23.9 Å². The van der Waals surface area contributed by atoms with Crippen molar-refractivity contribution in [3.05, 3.63) is 18.0 Å². The molecule has 5 heteroatoms. The van der Waals surface area contributed by atoms with Gasteiger partial charge in [-0.25, -0.2) is 0 Å². The summed E-state index contributed by atoms with van der Waals surface area (Å²) in [5.74, 6) is 0. The van der Waals surface area contributed by atoms with E-state index in [9.17, 15) is 10.2 Å². The fourth-order valence-corrected chi connectivity index (χ4v) is 1.69. The van der Waals surface area contributed by atoms with Gasteiger partial charge in [0.2, 0.25) is 0 Å². The van der Waals surface area contributed by atoms with Gasteiger partial charge in [-0.15, -0.1) is 0 Å². The van der Waals surface area contributed by atoms with Gasteiger partial charge in [0.05, 0.1) is 24.4 Å². The van der Waals surface area contributed by atoms with E-state index in [4.69, 9.17) is 0 Å². The van der Waals surface area contributed by atoms with Crippen LogP contribution in [0.1, 0.15) is 45.3 Å². The molecule has 0 aromatic carbocycles. The molecule has 0 saturated carbocycles. The van der Waals surface area contributed by atoms with E-state index in [1.165, 1.54) is 0 Å². The molecule has 18 heavy (non-hydrogen) atoms. The molecule has 0 aliphatic heterocycles. The second-order valence-corrected chi connectivity index (χ2v) is 4.85. The van der Waals surface area contributed by atoms with Gasteiger partial charge in [-0.05, 0) is 25.8 Å². The molecule has 3 N–H and O–H groups in total. The number of nitrogens with one attached hydrogen (secondary N) is 1. The molecule has 0 aliphatic carbocycles. The molecule has 0 radical (unpaired) electrons. The first kappa shape index (κ1) is 15.1. The van der Waals surface area contributed by atoms with E-state index in [0.29, 0.717) is 19.0 Å². The topological polar surface area (TPSA) is 70.3 Å². The zero-order valence-electron chi connectivity index (χ0n) is 11.6. The van der Waals surface area contributed by atoms with Crippen LogP contribution in [0.4, 0.5) is 0 Å². The molecule has 0 bridgehead atoms. The zero-order chi connectivity index (χ0) is 13.6. The van der Waals surface area contributed by atoms with E-state index in [2.05, 4.69) is 24.3 Å². The maximum atomic E-state index is 9.34. The van der Waals surface area contributed by atoms with Crippen molar-refractivity contribution in [2.45, 2.75) is 51.7 Å². The van der Waals surface area contributed by atoms with Crippen molar-refractivity contribution in [2.75, 3.05) is 13.2 Å². The Morgan fingerprint density at radius 2 is 2.06 bits per heavy atom. The van der Waals surface area contributed by atoms with Crippen LogP contribution in [0, 0.1) is 0 Å². The quantitative estimate of drug-likeness (QED) is 0.650. The second kappa shape index (κ2) is 6.87. The minimum atomic E-state index is -0.611. The van der Waals surface area contributed by atoms with Crippen molar-refractivity contribution in [3.63, 3.8) is 0 Å². The van der Waals surface area contributed by atoms with Crippen molar-refractivity contribution in [1.29, 1.82) is 0 Å². The molecule has 0 saturated heterocycles. The van der Waals surface area contributed by atoms with E-state index in [1.54, 1.807) is 0 Å². The molecule has 0 spiro atoms. The summed E-state index contributed by atoms with van der Waals surface area (Å²) in [7, 11) is 0. The SMILES string of the molecule is CCC(C)n1ccc(CNC(CC)(CO)CO)n1. The summed E-state index contributed by atoms with van der Waals surface area (Å²) >= 11 is 0. The van der Waals surface area contributed by atoms with Gasteiger partial charge < -0.3 is 15.5 Å². The third-order valence-electron chi connectivity index (χ3n) is 3.63. The summed E-state index contributed by atoms with van der Waals surface area (Å²) in [6.45, 7) is 6.60. The minimum Gasteiger partial charge on any atom is -0.394 e. The van der Waals surface area contributed by atoms with Gasteiger partial charge in [0.15, 0.2) is 0 Å². The highest BCUT2D eigenvalue weighted by atomic mass is 16.3. The van der Waals surface area contributed by atoms with Crippen molar-refractivity contribution in [1.82, 2.24) is 15.1 Å². The first-order chi connectivity index (χ1) is 8.60. The monoisotopic (exact) mass is 255 g/mol. The highest BCUT2D eigenvalue weighted by Gasteiger charge is 2.25. The molecule has 1 aromatic rings. The lowest BCUT2D eigenvalue weighted by atomic mass is 9.98. The number of aromatic nitrogens is 2. The summed E-state index contributed by atoms with van der Waals surface area (Å²) in [4.78, 5) is 0. The van der Waals surface area contributed by atoms with E-state index in [-0.39, 0.29) is 13.2 Å². The van der Waals surface area contributed by atoms with Crippen LogP contribution in [-0.4, -0.2) is 38.7 Å². The van der Waals surface area contributed by atoms with Crippen LogP contribution < -0.4 is 5.32 Å². The zero-order valence-corrected chi connectivity index (χ0v) is 11.6. The smallest absolute Gasteiger partial charge is 0.0762 e. The number of aliphatic hydroxyl groups excluding tert-OH is 2. The van der Waals surface area contributed by atoms with Gasteiger partial charge in [-0.3, -0.25) is 4.68 Å². The number of hydrogen-bond donors (Lipinski definition) is 3. The Morgan fingerprint density at radius 1 is 1.39 bits per heavy atom. The Bertz CT molecular complexity index is 339. The standard InChI is InChI=1S/C13H25N3O2/c1-4-11(3)16-7-6-12(15-16)8-14-13(5-2,9-17)10-18/h6-7,11,14,17-18H,4-5,8-10H2,1-3H3. The molecular weight excluding hydrogens is 230 g/mol. The summed E-state index contributed by atoms with van der Waals surface area (Å²) in [5, 5.41) is 26.3. The van der Waals surface area contributed by atoms with Gasteiger partial charge in [0.25, 0.3) is 0 Å². The normalized spacial score (nSPS) is 13.8. The van der Waals surface area contributed by atoms with E-state index < -0.39 is 5.54 Å². The third-order valence-corrected chi connectivity index (χ3v) is 3.63. The second-order valence-electron chi connectivity index (χ2n) is 4.85. The molecular formula is C13H25N3O2. The molecule has 0 aliphatic rings. The van der Waals surface area contributed by atoms with E-state index >= 15 is 0 Å². The van der Waals surface area contributed by atoms with Crippen molar-refractivity contribution < 1.29 is 10.2 Å². The van der Waals surface area contributed by atoms with Crippen LogP contribution in [0.25, 0.3) is 0 Å². The number of rotatable bonds is 8. The highest BCUT2D eigenvalue weighted by Crippen LogP contribution is 2.12. The molecule has 0 amide bonds. The number of hydrogen-bond acceptors (Lipinski definition) is 4. The summed E-state index contributed by atoms with van der Waals surface area (Å²) in [5.41, 5.74) is 0.315. The van der Waals surface area contributed by atoms with Gasteiger partial charge in [-0.1, -0.05) is 13.8 Å². The first-order valence-electron chi connectivity index (χ1n) is 6.61. The van der Waals surface area contributed by atoms with Crippen LogP contribution >= 0.6 is 0 Å². The summed E-state index contributed by atoms with van der Waals surface area (Å²) in [6.07, 6.45) is 3.68. The van der Waals surface area contributed by atoms with Gasteiger partial charge >= 0.3 is 0 Å². The predicted octanol–water partition coefficient (Wildman–Crippen LogP) is 1.08. The number of nitrogens with zero attached hydrogens (tertiary/aromatic N) is 2. The predicted molar refractivity (Wildman–Crippen MR) is 71.3 cm³/mol. The third kappa shape index (κ3) is 3.54. The maximum Gasteiger partial charge on any atom is 0.0762 e. The molecule has 5 nitrogen and oxygen atoms in total. The Kier molecular flexibility index (Phi) is 5.78. The van der Waals surface area contributed by atoms with Crippen LogP contribution in [-0.2, 0) is 6.54 Å². The Labute approximate surface area is 109 Å². The lowest BCUT2D eigenvalue weighted by Gasteiger charge is -2.29. The fraction of sp³-hybridized carbons (Fsp3) is 0.769. The summed E-state index contributed by atoms with van der Waals surface area (Å²) in [6, 6.07) is 2.36. The van der Waals surface area contributed by atoms with E-state index in [0.717, 1.165) is 12.1 Å². The van der Waals surface area contributed by atoms with Crippen LogP contribution in [0.5, 0.6) is 0 Å². The van der Waals surface area contributed by atoms with Crippen LogP contribution in [0.2, 0.25) is 0 Å². The lowest BCUT2D eigenvalue weighted by Crippen LogP contribution is -2.50. The minimum absolute atomic E-state index is 0.0773. The van der Waals surface area contributed by atoms with Crippen molar-refractivity contribution in [2.24, 2.45) is 0 Å². The average molecular weight is 255 g/mol. The summed E-state index contributed by atoms with van der Waals surface area (Å²) < 4.78 is 1.95. The van der Waals surface area contributed by atoms with Crippen LogP contribution in [0.15, 0.2) is 12.3 Å². The molecule has 1 atom stereocenters. The Balaban J connectivity index is 2.60. The highest BCUT2D eigenvalue weighted by molar-refractivity contribution is 5.01. The molecule has 104 valence electrons. The molecule has 1 rings (SSSR count). The lowest BCUT2D eigenvalue weighted by molar-refractivity contribution is 0.0860. The van der Waals surface area contributed by atoms with Crippen LogP contribution in [0.3, 0.4) is 0 Å². The molecule has 0 fully saturated rings. The fourth-order valence-electron chi connectivity index (χ4n) is 1.69. The Morgan fingerprint density at radius 3 is 2.56 bits per heavy atom. The largest absolute Gasteiger partial charge is 0.394 e. The first-order valence-corrected chi connectivity index (χ1v) is 6.61. The average Bonchev–Trinajstić information content (AvgIpc) is 2.89. The van der Waals surface area contributed by atoms with Gasteiger partial charge in [-0.2, -0.15) is 5.10 Å². The van der Waals surface area contributed by atoms with Gasteiger partial charge in [0, 0.05) is 18.8 Å².